The van der Waals surface area contributed by atoms with Crippen LogP contribution in [0.25, 0.3) is 11.0 Å². The number of carbonyl (C=O) groups excluding carboxylic acids is 1. The first kappa shape index (κ1) is 18.6. The molecule has 0 bridgehead atoms. The van der Waals surface area contributed by atoms with Crippen LogP contribution in [0, 0.1) is 11.6 Å². The van der Waals surface area contributed by atoms with Crippen molar-refractivity contribution in [2.24, 2.45) is 0 Å². The molecule has 1 saturated carbocycles. The van der Waals surface area contributed by atoms with E-state index in [-0.39, 0.29) is 24.1 Å². The molecule has 1 aliphatic carbocycles. The Morgan fingerprint density at radius 1 is 1.25 bits per heavy atom. The van der Waals surface area contributed by atoms with E-state index < -0.39 is 17.7 Å². The van der Waals surface area contributed by atoms with Crippen molar-refractivity contribution in [3.05, 3.63) is 65.5 Å². The maximum Gasteiger partial charge on any atom is 0.255 e. The number of aliphatic hydroxyl groups is 1. The molecule has 2 aromatic heterocycles. The zero-order valence-electron chi connectivity index (χ0n) is 15.2. The molecule has 3 aromatic rings. The molecule has 5 nitrogen and oxygen atoms in total. The number of aromatic nitrogens is 2. The second kappa shape index (κ2) is 7.67. The molecule has 146 valence electrons. The summed E-state index contributed by atoms with van der Waals surface area (Å²) in [6.07, 6.45) is 5.94. The Morgan fingerprint density at radius 2 is 2.07 bits per heavy atom. The topological polar surface area (TPSA) is 67.2 Å². The molecule has 2 N–H and O–H groups in total. The zero-order chi connectivity index (χ0) is 19.7. The fraction of sp³-hybridized carbons (Fsp3) is 0.333. The molecule has 1 aromatic carbocycles. The SMILES string of the molecule is O=C(N[C@H]1CCCC[C@@H]1O)c1cn(Cc2cc(F)ccc2F)c2cccnc12. The minimum Gasteiger partial charge on any atom is -0.391 e. The van der Waals surface area contributed by atoms with E-state index in [1.54, 1.807) is 29.1 Å². The van der Waals surface area contributed by atoms with Crippen LogP contribution in [-0.2, 0) is 6.54 Å². The molecule has 1 fully saturated rings. The molecule has 2 atom stereocenters. The highest BCUT2D eigenvalue weighted by Crippen LogP contribution is 2.23. The minimum absolute atomic E-state index is 0.0745. The van der Waals surface area contributed by atoms with Gasteiger partial charge in [0.2, 0.25) is 0 Å². The highest BCUT2D eigenvalue weighted by molar-refractivity contribution is 6.05. The van der Waals surface area contributed by atoms with Crippen LogP contribution in [0.4, 0.5) is 8.78 Å². The van der Waals surface area contributed by atoms with Gasteiger partial charge in [-0.05, 0) is 43.2 Å². The van der Waals surface area contributed by atoms with E-state index in [0.29, 0.717) is 23.0 Å². The molecule has 0 aliphatic heterocycles. The lowest BCUT2D eigenvalue weighted by Gasteiger charge is -2.28. The number of halogens is 2. The molecule has 0 radical (unpaired) electrons. The molecule has 7 heteroatoms. The van der Waals surface area contributed by atoms with Crippen LogP contribution < -0.4 is 5.32 Å². The summed E-state index contributed by atoms with van der Waals surface area (Å²) in [7, 11) is 0. The van der Waals surface area contributed by atoms with Gasteiger partial charge in [0.15, 0.2) is 0 Å². The van der Waals surface area contributed by atoms with Crippen LogP contribution in [0.2, 0.25) is 0 Å². The van der Waals surface area contributed by atoms with Crippen molar-refractivity contribution in [3.63, 3.8) is 0 Å². The number of pyridine rings is 1. The van der Waals surface area contributed by atoms with Crippen molar-refractivity contribution in [1.82, 2.24) is 14.9 Å². The molecule has 28 heavy (non-hydrogen) atoms. The largest absolute Gasteiger partial charge is 0.391 e. The van der Waals surface area contributed by atoms with E-state index in [1.807, 2.05) is 0 Å². The van der Waals surface area contributed by atoms with Crippen LogP contribution in [0.1, 0.15) is 41.6 Å². The highest BCUT2D eigenvalue weighted by atomic mass is 19.1. The summed E-state index contributed by atoms with van der Waals surface area (Å²) >= 11 is 0. The first-order valence-electron chi connectivity index (χ1n) is 9.39. The molecule has 0 saturated heterocycles. The Balaban J connectivity index is 1.66. The summed E-state index contributed by atoms with van der Waals surface area (Å²) < 4.78 is 29.3. The van der Waals surface area contributed by atoms with Crippen LogP contribution in [0.3, 0.4) is 0 Å². The highest BCUT2D eigenvalue weighted by Gasteiger charge is 2.26. The number of carbonyl (C=O) groups is 1. The summed E-state index contributed by atoms with van der Waals surface area (Å²) in [5, 5.41) is 13.0. The number of nitrogens with one attached hydrogen (secondary N) is 1. The second-order valence-corrected chi connectivity index (χ2v) is 7.21. The van der Waals surface area contributed by atoms with Gasteiger partial charge in [-0.1, -0.05) is 12.8 Å². The predicted molar refractivity (Wildman–Crippen MR) is 101 cm³/mol. The van der Waals surface area contributed by atoms with Crippen LogP contribution in [0.15, 0.2) is 42.7 Å². The summed E-state index contributed by atoms with van der Waals surface area (Å²) in [6.45, 7) is 0.0745. The third kappa shape index (κ3) is 3.62. The number of hydrogen-bond acceptors (Lipinski definition) is 3. The third-order valence-corrected chi connectivity index (χ3v) is 5.27. The molecule has 0 spiro atoms. The summed E-state index contributed by atoms with van der Waals surface area (Å²) in [4.78, 5) is 17.2. The van der Waals surface area contributed by atoms with Crippen molar-refractivity contribution < 1.29 is 18.7 Å². The molecular weight excluding hydrogens is 364 g/mol. The lowest BCUT2D eigenvalue weighted by molar-refractivity contribution is 0.0718. The molecule has 0 unspecified atom stereocenters. The summed E-state index contributed by atoms with van der Waals surface area (Å²) in [6, 6.07) is 6.54. The quantitative estimate of drug-likeness (QED) is 0.723. The lowest BCUT2D eigenvalue weighted by atomic mass is 9.92. The normalized spacial score (nSPS) is 19.7. The number of fused-ring (bicyclic) bond motifs is 1. The minimum atomic E-state index is -0.555. The Labute approximate surface area is 161 Å². The van der Waals surface area contributed by atoms with Gasteiger partial charge >= 0.3 is 0 Å². The maximum atomic E-state index is 14.1. The molecule has 1 amide bonds. The number of nitrogens with zero attached hydrogens (tertiary/aromatic N) is 2. The van der Waals surface area contributed by atoms with E-state index >= 15 is 0 Å². The number of benzene rings is 1. The first-order chi connectivity index (χ1) is 13.5. The van der Waals surface area contributed by atoms with Crippen LogP contribution >= 0.6 is 0 Å². The number of rotatable bonds is 4. The van der Waals surface area contributed by atoms with Crippen molar-refractivity contribution in [1.29, 1.82) is 0 Å². The summed E-state index contributed by atoms with van der Waals surface area (Å²) in [5.74, 6) is -1.35. The average Bonchev–Trinajstić information content (AvgIpc) is 3.05. The van der Waals surface area contributed by atoms with E-state index in [0.717, 1.165) is 37.5 Å². The average molecular weight is 385 g/mol. The summed E-state index contributed by atoms with van der Waals surface area (Å²) in [5.41, 5.74) is 1.68. The van der Waals surface area contributed by atoms with E-state index in [1.165, 1.54) is 0 Å². The smallest absolute Gasteiger partial charge is 0.255 e. The second-order valence-electron chi connectivity index (χ2n) is 7.21. The fourth-order valence-corrected chi connectivity index (χ4v) is 3.79. The van der Waals surface area contributed by atoms with Gasteiger partial charge in [-0.3, -0.25) is 9.78 Å². The van der Waals surface area contributed by atoms with Gasteiger partial charge in [0, 0.05) is 18.0 Å². The van der Waals surface area contributed by atoms with E-state index in [4.69, 9.17) is 0 Å². The van der Waals surface area contributed by atoms with E-state index in [9.17, 15) is 18.7 Å². The Hall–Kier alpha value is -2.80. The monoisotopic (exact) mass is 385 g/mol. The van der Waals surface area contributed by atoms with Gasteiger partial charge < -0.3 is 15.0 Å². The van der Waals surface area contributed by atoms with Gasteiger partial charge in [-0.15, -0.1) is 0 Å². The number of hydrogen-bond donors (Lipinski definition) is 2. The lowest BCUT2D eigenvalue weighted by Crippen LogP contribution is -2.45. The maximum absolute atomic E-state index is 14.1. The van der Waals surface area contributed by atoms with Crippen molar-refractivity contribution in [3.8, 4) is 0 Å². The van der Waals surface area contributed by atoms with Gasteiger partial charge in [0.1, 0.15) is 17.2 Å². The zero-order valence-corrected chi connectivity index (χ0v) is 15.2. The molecule has 1 aliphatic rings. The standard InChI is InChI=1S/C21H21F2N3O2/c22-14-7-8-16(23)13(10-14)11-26-12-15(20-18(26)5-3-9-24-20)21(28)25-17-4-1-2-6-19(17)27/h3,5,7-10,12,17,19,27H,1-2,4,6,11H2,(H,25,28)/t17-,19-/m0/s1. The van der Waals surface area contributed by atoms with E-state index in [2.05, 4.69) is 10.3 Å². The van der Waals surface area contributed by atoms with Gasteiger partial charge in [-0.25, -0.2) is 8.78 Å². The molecular formula is C21H21F2N3O2. The Kier molecular flexibility index (Phi) is 5.09. The molecule has 2 heterocycles. The van der Waals surface area contributed by atoms with Gasteiger partial charge in [-0.2, -0.15) is 0 Å². The van der Waals surface area contributed by atoms with Crippen molar-refractivity contribution in [2.45, 2.75) is 44.4 Å². The fourth-order valence-electron chi connectivity index (χ4n) is 3.79. The first-order valence-corrected chi connectivity index (χ1v) is 9.39. The van der Waals surface area contributed by atoms with Crippen molar-refractivity contribution in [2.75, 3.05) is 0 Å². The predicted octanol–water partition coefficient (Wildman–Crippen LogP) is 3.40. The van der Waals surface area contributed by atoms with Gasteiger partial charge in [0.05, 0.1) is 29.8 Å². The number of amides is 1. The Morgan fingerprint density at radius 3 is 2.89 bits per heavy atom. The third-order valence-electron chi connectivity index (χ3n) is 5.27. The van der Waals surface area contributed by atoms with Crippen LogP contribution in [-0.4, -0.2) is 32.7 Å². The Bertz CT molecular complexity index is 1020. The molecule has 4 rings (SSSR count). The van der Waals surface area contributed by atoms with Gasteiger partial charge in [0.25, 0.3) is 5.91 Å². The number of aliphatic hydroxyl groups excluding tert-OH is 1. The van der Waals surface area contributed by atoms with Crippen LogP contribution in [0.5, 0.6) is 0 Å². The van der Waals surface area contributed by atoms with Crippen molar-refractivity contribution >= 4 is 16.9 Å².